The Kier molecular flexibility index (Phi) is 3.09. The molecule has 0 saturated heterocycles. The number of rotatable bonds is 3. The summed E-state index contributed by atoms with van der Waals surface area (Å²) >= 11 is 0. The van der Waals surface area contributed by atoms with Crippen molar-refractivity contribution in [1.82, 2.24) is 15.3 Å². The number of imidazole rings is 1. The number of carbonyl (C=O) groups excluding carboxylic acids is 1. The maximum Gasteiger partial charge on any atom is 0.251 e. The molecular weight excluding hydrogens is 252 g/mol. The van der Waals surface area contributed by atoms with Gasteiger partial charge in [0.25, 0.3) is 5.91 Å². The van der Waals surface area contributed by atoms with Crippen molar-refractivity contribution in [2.24, 2.45) is 0 Å². The topological polar surface area (TPSA) is 83.8 Å². The SMILES string of the molecule is Nc1ccccc1CNC(=O)c1ccc2nc[nH]c2c1. The van der Waals surface area contributed by atoms with E-state index in [4.69, 9.17) is 5.73 Å². The minimum absolute atomic E-state index is 0.134. The van der Waals surface area contributed by atoms with E-state index in [9.17, 15) is 4.79 Å². The summed E-state index contributed by atoms with van der Waals surface area (Å²) in [4.78, 5) is 19.2. The highest BCUT2D eigenvalue weighted by Gasteiger charge is 2.07. The molecule has 0 bridgehead atoms. The first-order chi connectivity index (χ1) is 9.74. The van der Waals surface area contributed by atoms with E-state index < -0.39 is 0 Å². The minimum atomic E-state index is -0.134. The number of hydrogen-bond acceptors (Lipinski definition) is 3. The van der Waals surface area contributed by atoms with Crippen molar-refractivity contribution in [2.75, 3.05) is 5.73 Å². The summed E-state index contributed by atoms with van der Waals surface area (Å²) in [6.07, 6.45) is 1.61. The fourth-order valence-electron chi connectivity index (χ4n) is 2.05. The highest BCUT2D eigenvalue weighted by molar-refractivity contribution is 5.97. The summed E-state index contributed by atoms with van der Waals surface area (Å²) in [5, 5.41) is 2.86. The molecule has 100 valence electrons. The van der Waals surface area contributed by atoms with Gasteiger partial charge in [-0.05, 0) is 29.8 Å². The second-order valence-electron chi connectivity index (χ2n) is 4.52. The number of benzene rings is 2. The molecule has 0 spiro atoms. The van der Waals surface area contributed by atoms with Gasteiger partial charge in [-0.3, -0.25) is 4.79 Å². The third kappa shape index (κ3) is 2.33. The lowest BCUT2D eigenvalue weighted by molar-refractivity contribution is 0.0951. The molecule has 0 radical (unpaired) electrons. The molecule has 5 heteroatoms. The van der Waals surface area contributed by atoms with E-state index in [0.29, 0.717) is 17.8 Å². The van der Waals surface area contributed by atoms with Gasteiger partial charge in [-0.15, -0.1) is 0 Å². The van der Waals surface area contributed by atoms with Crippen LogP contribution >= 0.6 is 0 Å². The lowest BCUT2D eigenvalue weighted by Gasteiger charge is -2.07. The van der Waals surface area contributed by atoms with Gasteiger partial charge in [-0.1, -0.05) is 18.2 Å². The second kappa shape index (κ2) is 5.05. The first kappa shape index (κ1) is 12.2. The zero-order valence-corrected chi connectivity index (χ0v) is 10.8. The fourth-order valence-corrected chi connectivity index (χ4v) is 2.05. The van der Waals surface area contributed by atoms with Gasteiger partial charge in [0, 0.05) is 17.8 Å². The first-order valence-electron chi connectivity index (χ1n) is 6.29. The van der Waals surface area contributed by atoms with E-state index in [2.05, 4.69) is 15.3 Å². The number of anilines is 1. The lowest BCUT2D eigenvalue weighted by atomic mass is 10.1. The summed E-state index contributed by atoms with van der Waals surface area (Å²) in [6, 6.07) is 12.8. The fraction of sp³-hybridized carbons (Fsp3) is 0.0667. The molecule has 3 aromatic rings. The summed E-state index contributed by atoms with van der Waals surface area (Å²) in [7, 11) is 0. The minimum Gasteiger partial charge on any atom is -0.398 e. The van der Waals surface area contributed by atoms with Crippen molar-refractivity contribution in [3.05, 3.63) is 59.9 Å². The van der Waals surface area contributed by atoms with Crippen LogP contribution in [0, 0.1) is 0 Å². The molecule has 1 aromatic heterocycles. The average molecular weight is 266 g/mol. The molecule has 4 N–H and O–H groups in total. The first-order valence-corrected chi connectivity index (χ1v) is 6.29. The van der Waals surface area contributed by atoms with E-state index in [1.54, 1.807) is 18.5 Å². The third-order valence-corrected chi connectivity index (χ3v) is 3.18. The van der Waals surface area contributed by atoms with Gasteiger partial charge in [0.05, 0.1) is 17.4 Å². The highest BCUT2D eigenvalue weighted by atomic mass is 16.1. The molecule has 20 heavy (non-hydrogen) atoms. The largest absolute Gasteiger partial charge is 0.398 e. The van der Waals surface area contributed by atoms with E-state index in [1.807, 2.05) is 30.3 Å². The van der Waals surface area contributed by atoms with Crippen molar-refractivity contribution in [3.63, 3.8) is 0 Å². The number of amides is 1. The van der Waals surface area contributed by atoms with Gasteiger partial charge < -0.3 is 16.0 Å². The number of fused-ring (bicyclic) bond motifs is 1. The Balaban J connectivity index is 1.74. The van der Waals surface area contributed by atoms with Gasteiger partial charge in [-0.25, -0.2) is 4.98 Å². The maximum absolute atomic E-state index is 12.1. The third-order valence-electron chi connectivity index (χ3n) is 3.18. The summed E-state index contributed by atoms with van der Waals surface area (Å²) in [5.41, 5.74) is 9.70. The van der Waals surface area contributed by atoms with Crippen LogP contribution in [-0.4, -0.2) is 15.9 Å². The summed E-state index contributed by atoms with van der Waals surface area (Å²) < 4.78 is 0. The number of carbonyl (C=O) groups is 1. The van der Waals surface area contributed by atoms with Crippen molar-refractivity contribution in [2.45, 2.75) is 6.54 Å². The average Bonchev–Trinajstić information content (AvgIpc) is 2.93. The molecule has 0 aliphatic rings. The molecule has 0 aliphatic carbocycles. The normalized spacial score (nSPS) is 10.6. The molecule has 0 atom stereocenters. The number of aromatic amines is 1. The highest BCUT2D eigenvalue weighted by Crippen LogP contribution is 2.13. The Labute approximate surface area is 115 Å². The number of nitrogen functional groups attached to an aromatic ring is 1. The van der Waals surface area contributed by atoms with Gasteiger partial charge in [-0.2, -0.15) is 0 Å². The second-order valence-corrected chi connectivity index (χ2v) is 4.52. The van der Waals surface area contributed by atoms with E-state index >= 15 is 0 Å². The zero-order valence-electron chi connectivity index (χ0n) is 10.8. The van der Waals surface area contributed by atoms with Crippen LogP contribution < -0.4 is 11.1 Å². The van der Waals surface area contributed by atoms with Crippen molar-refractivity contribution >= 4 is 22.6 Å². The van der Waals surface area contributed by atoms with Gasteiger partial charge >= 0.3 is 0 Å². The lowest BCUT2D eigenvalue weighted by Crippen LogP contribution is -2.23. The Bertz CT molecular complexity index is 763. The van der Waals surface area contributed by atoms with Gasteiger partial charge in [0.1, 0.15) is 0 Å². The predicted octanol–water partition coefficient (Wildman–Crippen LogP) is 2.08. The Morgan fingerprint density at radius 3 is 2.95 bits per heavy atom. The molecule has 0 aliphatic heterocycles. The Morgan fingerprint density at radius 1 is 1.25 bits per heavy atom. The molecule has 2 aromatic carbocycles. The Morgan fingerprint density at radius 2 is 2.10 bits per heavy atom. The predicted molar refractivity (Wildman–Crippen MR) is 78.1 cm³/mol. The summed E-state index contributed by atoms with van der Waals surface area (Å²) in [6.45, 7) is 0.409. The van der Waals surface area contributed by atoms with Crippen LogP contribution in [0.2, 0.25) is 0 Å². The van der Waals surface area contributed by atoms with Crippen molar-refractivity contribution < 1.29 is 4.79 Å². The van der Waals surface area contributed by atoms with Crippen LogP contribution in [-0.2, 0) is 6.54 Å². The quantitative estimate of drug-likeness (QED) is 0.634. The molecule has 0 fully saturated rings. The molecule has 1 amide bonds. The van der Waals surface area contributed by atoms with Crippen LogP contribution in [0.5, 0.6) is 0 Å². The van der Waals surface area contributed by atoms with Crippen LogP contribution in [0.1, 0.15) is 15.9 Å². The standard InChI is InChI=1S/C15H14N4O/c16-12-4-2-1-3-11(12)8-17-15(20)10-5-6-13-14(7-10)19-9-18-13/h1-7,9H,8,16H2,(H,17,20)(H,18,19). The number of H-pyrrole nitrogens is 1. The smallest absolute Gasteiger partial charge is 0.251 e. The molecule has 1 heterocycles. The van der Waals surface area contributed by atoms with Crippen LogP contribution in [0.4, 0.5) is 5.69 Å². The molecule has 0 saturated carbocycles. The zero-order chi connectivity index (χ0) is 13.9. The molecule has 0 unspecified atom stereocenters. The summed E-state index contributed by atoms with van der Waals surface area (Å²) in [5.74, 6) is -0.134. The number of nitrogens with zero attached hydrogens (tertiary/aromatic N) is 1. The van der Waals surface area contributed by atoms with E-state index in [0.717, 1.165) is 16.6 Å². The van der Waals surface area contributed by atoms with Crippen LogP contribution in [0.15, 0.2) is 48.8 Å². The monoisotopic (exact) mass is 266 g/mol. The molecule has 3 rings (SSSR count). The van der Waals surface area contributed by atoms with E-state index in [1.165, 1.54) is 0 Å². The number of hydrogen-bond donors (Lipinski definition) is 3. The number of para-hydroxylation sites is 1. The number of nitrogens with one attached hydrogen (secondary N) is 2. The number of aromatic nitrogens is 2. The van der Waals surface area contributed by atoms with E-state index in [-0.39, 0.29) is 5.91 Å². The van der Waals surface area contributed by atoms with Gasteiger partial charge in [0.15, 0.2) is 0 Å². The van der Waals surface area contributed by atoms with Gasteiger partial charge in [0.2, 0.25) is 0 Å². The molecule has 5 nitrogen and oxygen atoms in total. The van der Waals surface area contributed by atoms with Crippen LogP contribution in [0.25, 0.3) is 11.0 Å². The van der Waals surface area contributed by atoms with Crippen molar-refractivity contribution in [1.29, 1.82) is 0 Å². The van der Waals surface area contributed by atoms with Crippen molar-refractivity contribution in [3.8, 4) is 0 Å². The maximum atomic E-state index is 12.1. The number of nitrogens with two attached hydrogens (primary N) is 1. The molecular formula is C15H14N4O. The van der Waals surface area contributed by atoms with Crippen LogP contribution in [0.3, 0.4) is 0 Å². The Hall–Kier alpha value is -2.82.